The Hall–Kier alpha value is -3.40. The number of rotatable bonds is 7. The van der Waals surface area contributed by atoms with Gasteiger partial charge in [0.15, 0.2) is 11.9 Å². The molecule has 3 aromatic carbocycles. The van der Waals surface area contributed by atoms with Gasteiger partial charge in [0, 0.05) is 16.8 Å². The number of anilines is 1. The van der Waals surface area contributed by atoms with Crippen LogP contribution in [0.25, 0.3) is 0 Å². The fourth-order valence-electron chi connectivity index (χ4n) is 3.73. The normalized spacial score (nSPS) is 12.4. The zero-order valence-corrected chi connectivity index (χ0v) is 21.2. The highest BCUT2D eigenvalue weighted by Gasteiger charge is 2.19. The van der Waals surface area contributed by atoms with Crippen LogP contribution in [0.4, 0.5) is 5.69 Å². The smallest absolute Gasteiger partial charge is 0.265 e. The molecule has 0 fully saturated rings. The van der Waals surface area contributed by atoms with Crippen LogP contribution < -0.4 is 10.1 Å². The van der Waals surface area contributed by atoms with E-state index in [-0.39, 0.29) is 23.0 Å². The van der Waals surface area contributed by atoms with Gasteiger partial charge in [-0.2, -0.15) is 0 Å². The minimum Gasteiger partial charge on any atom is -0.481 e. The fourth-order valence-corrected chi connectivity index (χ4v) is 3.73. The summed E-state index contributed by atoms with van der Waals surface area (Å²) in [6.07, 6.45) is -0.691. The van der Waals surface area contributed by atoms with Crippen molar-refractivity contribution < 1.29 is 14.3 Å². The molecule has 34 heavy (non-hydrogen) atoms. The first kappa shape index (κ1) is 25.2. The number of hydrogen-bond acceptors (Lipinski definition) is 3. The SMILES string of the molecule is Cc1ccc(C(C)C)c(OC(C)C(=O)Nc2cccc(C(=O)c3ccc(C(C)(C)C)cc3)c2)c1. The van der Waals surface area contributed by atoms with Crippen LogP contribution in [-0.2, 0) is 10.2 Å². The maximum Gasteiger partial charge on any atom is 0.265 e. The summed E-state index contributed by atoms with van der Waals surface area (Å²) in [5, 5.41) is 2.88. The Kier molecular flexibility index (Phi) is 7.61. The topological polar surface area (TPSA) is 55.4 Å². The molecule has 1 atom stereocenters. The summed E-state index contributed by atoms with van der Waals surface area (Å²) in [4.78, 5) is 25.9. The quantitative estimate of drug-likeness (QED) is 0.387. The molecule has 0 spiro atoms. The van der Waals surface area contributed by atoms with Crippen molar-refractivity contribution in [1.82, 2.24) is 0 Å². The van der Waals surface area contributed by atoms with Crippen molar-refractivity contribution in [2.24, 2.45) is 0 Å². The second kappa shape index (κ2) is 10.3. The van der Waals surface area contributed by atoms with Crippen molar-refractivity contribution in [3.63, 3.8) is 0 Å². The standard InChI is InChI=1S/C30H35NO3/c1-19(2)26-16-11-20(3)17-27(26)34-21(4)29(33)31-25-10-8-9-23(18-25)28(32)22-12-14-24(15-13-22)30(5,6)7/h8-19,21H,1-7H3,(H,31,33). The van der Waals surface area contributed by atoms with E-state index in [0.717, 1.165) is 16.9 Å². The molecule has 4 nitrogen and oxygen atoms in total. The molecule has 4 heteroatoms. The Morgan fingerprint density at radius 2 is 1.53 bits per heavy atom. The number of ketones is 1. The summed E-state index contributed by atoms with van der Waals surface area (Å²) in [7, 11) is 0. The van der Waals surface area contributed by atoms with Crippen LogP contribution in [0, 0.1) is 6.92 Å². The largest absolute Gasteiger partial charge is 0.481 e. The van der Waals surface area contributed by atoms with Gasteiger partial charge in [0.1, 0.15) is 5.75 Å². The second-order valence-corrected chi connectivity index (χ2v) is 10.2. The zero-order valence-electron chi connectivity index (χ0n) is 21.2. The van der Waals surface area contributed by atoms with Gasteiger partial charge in [-0.05, 0) is 60.1 Å². The van der Waals surface area contributed by atoms with Crippen LogP contribution in [-0.4, -0.2) is 17.8 Å². The molecular weight excluding hydrogens is 422 g/mol. The van der Waals surface area contributed by atoms with Gasteiger partial charge in [-0.25, -0.2) is 0 Å². The van der Waals surface area contributed by atoms with Gasteiger partial charge in [-0.15, -0.1) is 0 Å². The van der Waals surface area contributed by atoms with Crippen molar-refractivity contribution in [2.75, 3.05) is 5.32 Å². The minimum atomic E-state index is -0.691. The van der Waals surface area contributed by atoms with Gasteiger partial charge in [0.05, 0.1) is 0 Å². The molecule has 1 N–H and O–H groups in total. The zero-order chi connectivity index (χ0) is 25.0. The highest BCUT2D eigenvalue weighted by Crippen LogP contribution is 2.28. The number of carbonyl (C=O) groups excluding carboxylic acids is 2. The van der Waals surface area contributed by atoms with Crippen LogP contribution in [0.2, 0.25) is 0 Å². The molecule has 3 rings (SSSR count). The average Bonchev–Trinajstić information content (AvgIpc) is 2.78. The summed E-state index contributed by atoms with van der Waals surface area (Å²) in [5.41, 5.74) is 5.05. The van der Waals surface area contributed by atoms with Crippen LogP contribution in [0.3, 0.4) is 0 Å². The number of ether oxygens (including phenoxy) is 1. The molecule has 0 heterocycles. The minimum absolute atomic E-state index is 0.0267. The lowest BCUT2D eigenvalue weighted by atomic mass is 9.86. The first-order valence-corrected chi connectivity index (χ1v) is 11.8. The summed E-state index contributed by atoms with van der Waals surface area (Å²) >= 11 is 0. The lowest BCUT2D eigenvalue weighted by molar-refractivity contribution is -0.122. The molecule has 1 unspecified atom stereocenters. The number of hydrogen-bond donors (Lipinski definition) is 1. The van der Waals surface area contributed by atoms with Crippen LogP contribution in [0.5, 0.6) is 5.75 Å². The van der Waals surface area contributed by atoms with E-state index in [0.29, 0.717) is 16.8 Å². The molecule has 0 aliphatic heterocycles. The Morgan fingerprint density at radius 3 is 2.15 bits per heavy atom. The van der Waals surface area contributed by atoms with E-state index in [1.54, 1.807) is 31.2 Å². The molecule has 0 aromatic heterocycles. The van der Waals surface area contributed by atoms with Gasteiger partial charge in [0.25, 0.3) is 5.91 Å². The molecule has 0 bridgehead atoms. The van der Waals surface area contributed by atoms with Crippen LogP contribution >= 0.6 is 0 Å². The molecule has 178 valence electrons. The average molecular weight is 458 g/mol. The molecule has 1 amide bonds. The van der Waals surface area contributed by atoms with E-state index >= 15 is 0 Å². The first-order valence-electron chi connectivity index (χ1n) is 11.8. The van der Waals surface area contributed by atoms with Gasteiger partial charge in [-0.3, -0.25) is 9.59 Å². The lowest BCUT2D eigenvalue weighted by Crippen LogP contribution is -2.30. The lowest BCUT2D eigenvalue weighted by Gasteiger charge is -2.19. The van der Waals surface area contributed by atoms with Crippen LogP contribution in [0.1, 0.15) is 80.1 Å². The van der Waals surface area contributed by atoms with Crippen molar-refractivity contribution in [3.8, 4) is 5.75 Å². The third-order valence-electron chi connectivity index (χ3n) is 5.87. The highest BCUT2D eigenvalue weighted by atomic mass is 16.5. The Bertz CT molecular complexity index is 1170. The molecule has 0 aliphatic carbocycles. The highest BCUT2D eigenvalue weighted by molar-refractivity contribution is 6.09. The predicted molar refractivity (Wildman–Crippen MR) is 139 cm³/mol. The summed E-state index contributed by atoms with van der Waals surface area (Å²) in [5.74, 6) is 0.656. The van der Waals surface area contributed by atoms with Crippen LogP contribution in [0.15, 0.2) is 66.7 Å². The fraction of sp³-hybridized carbons (Fsp3) is 0.333. The van der Waals surface area contributed by atoms with E-state index in [4.69, 9.17) is 4.74 Å². The summed E-state index contributed by atoms with van der Waals surface area (Å²) in [6.45, 7) is 14.4. The van der Waals surface area contributed by atoms with E-state index in [1.807, 2.05) is 49.4 Å². The number of benzene rings is 3. The second-order valence-electron chi connectivity index (χ2n) is 10.2. The summed E-state index contributed by atoms with van der Waals surface area (Å²) < 4.78 is 6.03. The van der Waals surface area contributed by atoms with Gasteiger partial charge in [-0.1, -0.05) is 83.1 Å². The molecule has 3 aromatic rings. The van der Waals surface area contributed by atoms with Crippen molar-refractivity contribution in [3.05, 3.63) is 94.5 Å². The van der Waals surface area contributed by atoms with Crippen molar-refractivity contribution in [1.29, 1.82) is 0 Å². The molecule has 0 saturated heterocycles. The monoisotopic (exact) mass is 457 g/mol. The number of aryl methyl sites for hydroxylation is 1. The third kappa shape index (κ3) is 6.13. The number of carbonyl (C=O) groups is 2. The van der Waals surface area contributed by atoms with Crippen molar-refractivity contribution >= 4 is 17.4 Å². The maximum atomic E-state index is 13.0. The van der Waals surface area contributed by atoms with Gasteiger partial charge in [0.2, 0.25) is 0 Å². The molecular formula is C30H35NO3. The number of amides is 1. The summed E-state index contributed by atoms with van der Waals surface area (Å²) in [6, 6.07) is 20.8. The van der Waals surface area contributed by atoms with E-state index < -0.39 is 6.10 Å². The Balaban J connectivity index is 1.72. The Labute approximate surface area is 203 Å². The van der Waals surface area contributed by atoms with Crippen molar-refractivity contribution in [2.45, 2.75) is 65.9 Å². The van der Waals surface area contributed by atoms with E-state index in [2.05, 4.69) is 39.9 Å². The Morgan fingerprint density at radius 1 is 0.853 bits per heavy atom. The third-order valence-corrected chi connectivity index (χ3v) is 5.87. The van der Waals surface area contributed by atoms with E-state index in [1.165, 1.54) is 5.56 Å². The first-order chi connectivity index (χ1) is 16.0. The maximum absolute atomic E-state index is 13.0. The molecule has 0 aliphatic rings. The predicted octanol–water partition coefficient (Wildman–Crippen LogP) is 7.05. The van der Waals surface area contributed by atoms with E-state index in [9.17, 15) is 9.59 Å². The molecule has 0 saturated carbocycles. The van der Waals surface area contributed by atoms with Gasteiger partial charge < -0.3 is 10.1 Å². The molecule has 0 radical (unpaired) electrons. The van der Waals surface area contributed by atoms with Gasteiger partial charge >= 0.3 is 0 Å². The number of nitrogens with one attached hydrogen (secondary N) is 1.